The van der Waals surface area contributed by atoms with Crippen molar-refractivity contribution >= 4 is 0 Å². The van der Waals surface area contributed by atoms with Gasteiger partial charge in [0.25, 0.3) is 0 Å². The van der Waals surface area contributed by atoms with Crippen LogP contribution in [0.4, 0.5) is 0 Å². The van der Waals surface area contributed by atoms with E-state index in [0.717, 1.165) is 12.8 Å². The van der Waals surface area contributed by atoms with E-state index in [9.17, 15) is 5.11 Å². The minimum absolute atomic E-state index is 0.379. The molecule has 110 valence electrons. The molecule has 2 N–H and O–H groups in total. The summed E-state index contributed by atoms with van der Waals surface area (Å²) in [6.07, 6.45) is 4.50. The van der Waals surface area contributed by atoms with E-state index < -0.39 is 0 Å². The molecule has 0 fully saturated rings. The van der Waals surface area contributed by atoms with Crippen LogP contribution >= 0.6 is 0 Å². The number of hydrogen-bond donors (Lipinski definition) is 2. The van der Waals surface area contributed by atoms with Crippen molar-refractivity contribution in [3.63, 3.8) is 0 Å². The fraction of sp³-hybridized carbons (Fsp3) is 0.368. The third-order valence-corrected chi connectivity index (χ3v) is 4.45. The third kappa shape index (κ3) is 3.11. The van der Waals surface area contributed by atoms with E-state index >= 15 is 0 Å². The van der Waals surface area contributed by atoms with Crippen molar-refractivity contribution in [1.82, 2.24) is 5.32 Å². The van der Waals surface area contributed by atoms with Gasteiger partial charge in [0.1, 0.15) is 5.75 Å². The maximum Gasteiger partial charge on any atom is 0.115 e. The zero-order chi connectivity index (χ0) is 14.7. The Hall–Kier alpha value is -1.80. The molecule has 0 radical (unpaired) electrons. The number of phenolic OH excluding ortho intramolecular Hbond substituents is 1. The van der Waals surface area contributed by atoms with Crippen molar-refractivity contribution in [2.24, 2.45) is 0 Å². The van der Waals surface area contributed by atoms with Gasteiger partial charge < -0.3 is 10.4 Å². The van der Waals surface area contributed by atoms with Crippen LogP contribution in [-0.2, 0) is 6.42 Å². The normalized spacial score (nSPS) is 19.0. The van der Waals surface area contributed by atoms with Crippen molar-refractivity contribution < 1.29 is 5.11 Å². The number of aryl methyl sites for hydroxylation is 1. The van der Waals surface area contributed by atoms with E-state index in [4.69, 9.17) is 0 Å². The Morgan fingerprint density at radius 2 is 2.00 bits per heavy atom. The van der Waals surface area contributed by atoms with Crippen LogP contribution in [0.5, 0.6) is 5.75 Å². The maximum atomic E-state index is 9.66. The molecular weight excluding hydrogens is 258 g/mol. The quantitative estimate of drug-likeness (QED) is 0.864. The third-order valence-electron chi connectivity index (χ3n) is 4.45. The van der Waals surface area contributed by atoms with Gasteiger partial charge in [-0.1, -0.05) is 43.3 Å². The van der Waals surface area contributed by atoms with Crippen LogP contribution in [-0.4, -0.2) is 5.11 Å². The first-order chi connectivity index (χ1) is 10.3. The van der Waals surface area contributed by atoms with Gasteiger partial charge in [-0.15, -0.1) is 0 Å². The second kappa shape index (κ2) is 6.31. The zero-order valence-electron chi connectivity index (χ0n) is 12.5. The fourth-order valence-corrected chi connectivity index (χ4v) is 3.35. The molecule has 1 aliphatic carbocycles. The second-order valence-corrected chi connectivity index (χ2v) is 5.87. The average molecular weight is 281 g/mol. The Morgan fingerprint density at radius 1 is 1.19 bits per heavy atom. The lowest BCUT2D eigenvalue weighted by Gasteiger charge is -2.30. The van der Waals surface area contributed by atoms with E-state index in [0.29, 0.717) is 17.8 Å². The van der Waals surface area contributed by atoms with Crippen LogP contribution in [0.25, 0.3) is 0 Å². The van der Waals surface area contributed by atoms with Crippen LogP contribution < -0.4 is 5.32 Å². The van der Waals surface area contributed by atoms with Crippen LogP contribution in [0, 0.1) is 0 Å². The van der Waals surface area contributed by atoms with Crippen molar-refractivity contribution in [2.45, 2.75) is 44.7 Å². The van der Waals surface area contributed by atoms with E-state index in [1.54, 1.807) is 0 Å². The zero-order valence-corrected chi connectivity index (χ0v) is 12.5. The molecule has 1 aliphatic rings. The summed E-state index contributed by atoms with van der Waals surface area (Å²) in [7, 11) is 0. The molecular formula is C19H23NO. The van der Waals surface area contributed by atoms with Gasteiger partial charge in [0.2, 0.25) is 0 Å². The molecule has 21 heavy (non-hydrogen) atoms. The highest BCUT2D eigenvalue weighted by Crippen LogP contribution is 2.34. The lowest BCUT2D eigenvalue weighted by atomic mass is 9.86. The maximum absolute atomic E-state index is 9.66. The van der Waals surface area contributed by atoms with Crippen molar-refractivity contribution in [3.05, 3.63) is 65.2 Å². The molecule has 0 aliphatic heterocycles. The van der Waals surface area contributed by atoms with Gasteiger partial charge in [-0.2, -0.15) is 0 Å². The van der Waals surface area contributed by atoms with Crippen LogP contribution in [0.2, 0.25) is 0 Å². The minimum atomic E-state index is 0.379. The van der Waals surface area contributed by atoms with Crippen LogP contribution in [0.1, 0.15) is 55.0 Å². The molecule has 0 amide bonds. The van der Waals surface area contributed by atoms with Crippen molar-refractivity contribution in [1.29, 1.82) is 0 Å². The molecule has 2 atom stereocenters. The predicted octanol–water partition coefficient (Wildman–Crippen LogP) is 4.51. The molecule has 3 rings (SSSR count). The highest BCUT2D eigenvalue weighted by molar-refractivity contribution is 5.38. The Kier molecular flexibility index (Phi) is 4.26. The van der Waals surface area contributed by atoms with Gasteiger partial charge in [0, 0.05) is 12.1 Å². The molecule has 2 aromatic carbocycles. The number of hydrogen-bond acceptors (Lipinski definition) is 2. The van der Waals surface area contributed by atoms with Gasteiger partial charge in [0.05, 0.1) is 0 Å². The summed E-state index contributed by atoms with van der Waals surface area (Å²) in [6.45, 7) is 2.23. The summed E-state index contributed by atoms with van der Waals surface area (Å²) in [5.41, 5.74) is 4.00. The Morgan fingerprint density at radius 3 is 2.76 bits per heavy atom. The Bertz CT molecular complexity index is 594. The molecule has 2 unspecified atom stereocenters. The molecule has 0 saturated heterocycles. The standard InChI is InChI=1S/C19H23NO/c1-2-18(14-7-4-3-5-8-14)20-19-10-6-9-15-13-16(21)11-12-17(15)19/h3-5,7-8,11-13,18-21H,2,6,9-10H2,1H3. The lowest BCUT2D eigenvalue weighted by molar-refractivity contribution is 0.391. The van der Waals surface area contributed by atoms with Gasteiger partial charge in [-0.05, 0) is 54.5 Å². The van der Waals surface area contributed by atoms with Crippen LogP contribution in [0.15, 0.2) is 48.5 Å². The number of aromatic hydroxyl groups is 1. The summed E-state index contributed by atoms with van der Waals surface area (Å²) in [5, 5.41) is 13.5. The topological polar surface area (TPSA) is 32.3 Å². The average Bonchev–Trinajstić information content (AvgIpc) is 2.53. The summed E-state index contributed by atoms with van der Waals surface area (Å²) in [4.78, 5) is 0. The first-order valence-electron chi connectivity index (χ1n) is 7.90. The highest BCUT2D eigenvalue weighted by atomic mass is 16.3. The van der Waals surface area contributed by atoms with E-state index in [2.05, 4.69) is 48.6 Å². The summed E-state index contributed by atoms with van der Waals surface area (Å²) in [6, 6.07) is 17.3. The molecule has 2 nitrogen and oxygen atoms in total. The van der Waals surface area contributed by atoms with Crippen molar-refractivity contribution in [3.8, 4) is 5.75 Å². The van der Waals surface area contributed by atoms with Gasteiger partial charge >= 0.3 is 0 Å². The summed E-state index contributed by atoms with van der Waals surface area (Å²) >= 11 is 0. The molecule has 0 saturated carbocycles. The number of benzene rings is 2. The van der Waals surface area contributed by atoms with Gasteiger partial charge in [0.15, 0.2) is 0 Å². The minimum Gasteiger partial charge on any atom is -0.508 e. The van der Waals surface area contributed by atoms with Crippen molar-refractivity contribution in [2.75, 3.05) is 0 Å². The monoisotopic (exact) mass is 281 g/mol. The second-order valence-electron chi connectivity index (χ2n) is 5.87. The molecule has 0 heterocycles. The molecule has 2 aromatic rings. The van der Waals surface area contributed by atoms with E-state index in [1.807, 2.05) is 12.1 Å². The summed E-state index contributed by atoms with van der Waals surface area (Å²) in [5.74, 6) is 0.379. The number of phenols is 1. The highest BCUT2D eigenvalue weighted by Gasteiger charge is 2.23. The Labute approximate surface area is 126 Å². The number of rotatable bonds is 4. The lowest BCUT2D eigenvalue weighted by Crippen LogP contribution is -2.29. The largest absolute Gasteiger partial charge is 0.508 e. The smallest absolute Gasteiger partial charge is 0.115 e. The van der Waals surface area contributed by atoms with Gasteiger partial charge in [-0.25, -0.2) is 0 Å². The molecule has 0 spiro atoms. The first kappa shape index (κ1) is 14.2. The Balaban J connectivity index is 1.82. The van der Waals surface area contributed by atoms with E-state index in [-0.39, 0.29) is 0 Å². The molecule has 0 bridgehead atoms. The van der Waals surface area contributed by atoms with Crippen LogP contribution in [0.3, 0.4) is 0 Å². The number of nitrogens with one attached hydrogen (secondary N) is 1. The fourth-order valence-electron chi connectivity index (χ4n) is 3.35. The predicted molar refractivity (Wildman–Crippen MR) is 86.4 cm³/mol. The summed E-state index contributed by atoms with van der Waals surface area (Å²) < 4.78 is 0. The molecule has 0 aromatic heterocycles. The SMILES string of the molecule is CCC(NC1CCCc2cc(O)ccc21)c1ccccc1. The number of fused-ring (bicyclic) bond motifs is 1. The molecule has 2 heteroatoms. The van der Waals surface area contributed by atoms with Gasteiger partial charge in [-0.3, -0.25) is 0 Å². The van der Waals surface area contributed by atoms with E-state index in [1.165, 1.54) is 29.5 Å². The first-order valence-corrected chi connectivity index (χ1v) is 7.90.